The van der Waals surface area contributed by atoms with Crippen molar-refractivity contribution in [3.63, 3.8) is 0 Å². The van der Waals surface area contributed by atoms with Crippen LogP contribution in [-0.4, -0.2) is 9.97 Å². The summed E-state index contributed by atoms with van der Waals surface area (Å²) >= 11 is 8.62. The molecule has 0 saturated carbocycles. The van der Waals surface area contributed by atoms with Crippen LogP contribution >= 0.6 is 43.2 Å². The van der Waals surface area contributed by atoms with E-state index in [0.717, 1.165) is 18.5 Å². The lowest BCUT2D eigenvalue weighted by molar-refractivity contribution is 1.36. The van der Waals surface area contributed by atoms with Crippen LogP contribution in [0.25, 0.3) is 20.3 Å². The van der Waals surface area contributed by atoms with Gasteiger partial charge >= 0.3 is 0 Å². The first-order valence-corrected chi connectivity index (χ1v) is 6.63. The molecule has 0 fully saturated rings. The smallest absolute Gasteiger partial charge is 0.124 e. The third-order valence-corrected chi connectivity index (χ3v) is 4.24. The van der Waals surface area contributed by atoms with Crippen molar-refractivity contribution >= 4 is 63.5 Å². The Hall–Kier alpha value is -0.520. The lowest BCUT2D eigenvalue weighted by Gasteiger charge is -1.94. The fraction of sp³-hybridized carbons (Fsp3) is 0. The fourth-order valence-electron chi connectivity index (χ4n) is 1.55. The Bertz CT molecular complexity index is 663. The summed E-state index contributed by atoms with van der Waals surface area (Å²) in [6.45, 7) is 0. The van der Waals surface area contributed by atoms with Gasteiger partial charge < -0.3 is 0 Å². The van der Waals surface area contributed by atoms with Gasteiger partial charge in [-0.3, -0.25) is 4.98 Å². The highest BCUT2D eigenvalue weighted by molar-refractivity contribution is 9.11. The molecule has 0 N–H and O–H groups in total. The molecule has 0 unspecified atom stereocenters. The summed E-state index contributed by atoms with van der Waals surface area (Å²) in [5.74, 6) is 0. The van der Waals surface area contributed by atoms with Gasteiger partial charge in [-0.1, -0.05) is 0 Å². The first kappa shape index (κ1) is 9.69. The average molecular weight is 344 g/mol. The van der Waals surface area contributed by atoms with E-state index in [1.807, 2.05) is 18.6 Å². The molecule has 0 bridgehead atoms. The van der Waals surface area contributed by atoms with Crippen molar-refractivity contribution in [2.24, 2.45) is 0 Å². The van der Waals surface area contributed by atoms with Crippen molar-refractivity contribution in [3.8, 4) is 0 Å². The number of thiophene rings is 1. The van der Waals surface area contributed by atoms with Gasteiger partial charge in [0.1, 0.15) is 4.83 Å². The SMILES string of the molecule is Brc1cnc2sc3cncc(Br)c3c2c1. The molecule has 3 aromatic rings. The molecule has 15 heavy (non-hydrogen) atoms. The predicted molar refractivity (Wildman–Crippen MR) is 70.3 cm³/mol. The molecule has 0 radical (unpaired) electrons. The Labute approximate surface area is 107 Å². The molecule has 3 heterocycles. The Morgan fingerprint density at radius 2 is 2.00 bits per heavy atom. The molecule has 0 aliphatic rings. The minimum atomic E-state index is 0.999. The number of hydrogen-bond acceptors (Lipinski definition) is 3. The summed E-state index contributed by atoms with van der Waals surface area (Å²) < 4.78 is 3.18. The Kier molecular flexibility index (Phi) is 2.26. The normalized spacial score (nSPS) is 11.3. The van der Waals surface area contributed by atoms with Gasteiger partial charge in [0.15, 0.2) is 0 Å². The minimum absolute atomic E-state index is 0.999. The summed E-state index contributed by atoms with van der Waals surface area (Å²) in [6.07, 6.45) is 5.51. The molecule has 0 aliphatic carbocycles. The first-order valence-electron chi connectivity index (χ1n) is 4.23. The second-order valence-electron chi connectivity index (χ2n) is 3.10. The Balaban J connectivity index is 2.61. The van der Waals surface area contributed by atoms with Gasteiger partial charge in [-0.05, 0) is 37.9 Å². The average Bonchev–Trinajstić information content (AvgIpc) is 2.57. The van der Waals surface area contributed by atoms with Gasteiger partial charge in [-0.15, -0.1) is 11.3 Å². The van der Waals surface area contributed by atoms with E-state index in [-0.39, 0.29) is 0 Å². The molecule has 5 heteroatoms. The summed E-state index contributed by atoms with van der Waals surface area (Å²) in [5.41, 5.74) is 0. The van der Waals surface area contributed by atoms with E-state index in [1.54, 1.807) is 11.3 Å². The van der Waals surface area contributed by atoms with Crippen molar-refractivity contribution in [1.29, 1.82) is 0 Å². The maximum Gasteiger partial charge on any atom is 0.124 e. The quantitative estimate of drug-likeness (QED) is 0.605. The lowest BCUT2D eigenvalue weighted by Crippen LogP contribution is -1.74. The molecule has 2 nitrogen and oxygen atoms in total. The predicted octanol–water partition coefficient (Wildman–Crippen LogP) is 4.37. The highest BCUT2D eigenvalue weighted by Gasteiger charge is 2.09. The van der Waals surface area contributed by atoms with Crippen LogP contribution in [0.5, 0.6) is 0 Å². The lowest BCUT2D eigenvalue weighted by atomic mass is 10.2. The minimum Gasteiger partial charge on any atom is -0.262 e. The van der Waals surface area contributed by atoms with Crippen LogP contribution < -0.4 is 0 Å². The zero-order valence-corrected chi connectivity index (χ0v) is 11.4. The van der Waals surface area contributed by atoms with Crippen molar-refractivity contribution in [1.82, 2.24) is 9.97 Å². The van der Waals surface area contributed by atoms with Crippen molar-refractivity contribution < 1.29 is 0 Å². The van der Waals surface area contributed by atoms with Crippen LogP contribution in [0.2, 0.25) is 0 Å². The molecule has 0 aromatic carbocycles. The van der Waals surface area contributed by atoms with Gasteiger partial charge in [0, 0.05) is 38.3 Å². The number of halogens is 2. The van der Waals surface area contributed by atoms with Crippen LogP contribution in [0.1, 0.15) is 0 Å². The van der Waals surface area contributed by atoms with Crippen LogP contribution in [0, 0.1) is 0 Å². The highest BCUT2D eigenvalue weighted by atomic mass is 79.9. The topological polar surface area (TPSA) is 25.8 Å². The Morgan fingerprint density at radius 1 is 1.13 bits per heavy atom. The Morgan fingerprint density at radius 3 is 2.87 bits per heavy atom. The van der Waals surface area contributed by atoms with Crippen molar-refractivity contribution in [2.45, 2.75) is 0 Å². The summed E-state index contributed by atoms with van der Waals surface area (Å²) in [6, 6.07) is 2.09. The van der Waals surface area contributed by atoms with E-state index in [1.165, 1.54) is 10.8 Å². The molecular weight excluding hydrogens is 340 g/mol. The van der Waals surface area contributed by atoms with Gasteiger partial charge in [-0.2, -0.15) is 0 Å². The number of hydrogen-bond donors (Lipinski definition) is 0. The third-order valence-electron chi connectivity index (χ3n) is 2.16. The molecule has 74 valence electrons. The van der Waals surface area contributed by atoms with Gasteiger partial charge in [0.2, 0.25) is 0 Å². The zero-order valence-electron chi connectivity index (χ0n) is 7.37. The van der Waals surface area contributed by atoms with Gasteiger partial charge in [-0.25, -0.2) is 4.98 Å². The molecule has 0 spiro atoms. The van der Waals surface area contributed by atoms with E-state index >= 15 is 0 Å². The second-order valence-corrected chi connectivity index (χ2v) is 5.90. The fourth-order valence-corrected chi connectivity index (χ4v) is 3.58. The summed E-state index contributed by atoms with van der Waals surface area (Å²) in [4.78, 5) is 9.58. The number of pyridine rings is 2. The molecule has 0 saturated heterocycles. The molecule has 3 rings (SSSR count). The summed E-state index contributed by atoms with van der Waals surface area (Å²) in [5, 5.41) is 2.36. The largest absolute Gasteiger partial charge is 0.262 e. The standard InChI is InChI=1S/C10H4Br2N2S/c11-5-1-6-9-7(12)3-13-4-8(9)15-10(6)14-2-5/h1-4H. The van der Waals surface area contributed by atoms with E-state index < -0.39 is 0 Å². The van der Waals surface area contributed by atoms with Gasteiger partial charge in [0.05, 0.1) is 4.70 Å². The third kappa shape index (κ3) is 1.49. The van der Waals surface area contributed by atoms with Gasteiger partial charge in [0.25, 0.3) is 0 Å². The van der Waals surface area contributed by atoms with Crippen molar-refractivity contribution in [3.05, 3.63) is 33.6 Å². The number of fused-ring (bicyclic) bond motifs is 3. The molecule has 0 aliphatic heterocycles. The molecular formula is C10H4Br2N2S. The van der Waals surface area contributed by atoms with E-state index in [4.69, 9.17) is 0 Å². The maximum absolute atomic E-state index is 4.38. The first-order chi connectivity index (χ1) is 7.25. The van der Waals surface area contributed by atoms with E-state index in [0.29, 0.717) is 0 Å². The van der Waals surface area contributed by atoms with Crippen LogP contribution in [0.15, 0.2) is 33.6 Å². The van der Waals surface area contributed by atoms with Crippen LogP contribution in [-0.2, 0) is 0 Å². The van der Waals surface area contributed by atoms with Crippen molar-refractivity contribution in [2.75, 3.05) is 0 Å². The number of rotatable bonds is 0. The maximum atomic E-state index is 4.38. The monoisotopic (exact) mass is 342 g/mol. The van der Waals surface area contributed by atoms with E-state index in [9.17, 15) is 0 Å². The number of nitrogens with zero attached hydrogens (tertiary/aromatic N) is 2. The zero-order chi connectivity index (χ0) is 10.4. The second kappa shape index (κ2) is 3.50. The van der Waals surface area contributed by atoms with Crippen LogP contribution in [0.4, 0.5) is 0 Å². The molecule has 0 amide bonds. The molecule has 3 aromatic heterocycles. The number of aromatic nitrogens is 2. The summed E-state index contributed by atoms with van der Waals surface area (Å²) in [7, 11) is 0. The van der Waals surface area contributed by atoms with E-state index in [2.05, 4.69) is 47.9 Å². The highest BCUT2D eigenvalue weighted by Crippen LogP contribution is 2.37. The molecule has 0 atom stereocenters. The van der Waals surface area contributed by atoms with Crippen LogP contribution in [0.3, 0.4) is 0 Å².